The van der Waals surface area contributed by atoms with Crippen LogP contribution in [0, 0.1) is 0 Å². The van der Waals surface area contributed by atoms with Crippen LogP contribution in [0.3, 0.4) is 0 Å². The Kier molecular flexibility index (Phi) is 4.56. The van der Waals surface area contributed by atoms with Gasteiger partial charge in [0.1, 0.15) is 5.76 Å². The van der Waals surface area contributed by atoms with Crippen molar-refractivity contribution < 1.29 is 14.3 Å². The van der Waals surface area contributed by atoms with Crippen molar-refractivity contribution >= 4 is 5.91 Å². The summed E-state index contributed by atoms with van der Waals surface area (Å²) in [6, 6.07) is 12.9. The average molecular weight is 300 g/mol. The lowest BCUT2D eigenvalue weighted by atomic mass is 10.1. The maximum Gasteiger partial charge on any atom is 0.256 e. The second-order valence-electron chi connectivity index (χ2n) is 5.49. The van der Waals surface area contributed by atoms with E-state index in [4.69, 9.17) is 4.42 Å². The number of piperazine rings is 1. The number of hydrogen-bond acceptors (Lipinski definition) is 4. The van der Waals surface area contributed by atoms with Crippen molar-refractivity contribution in [1.29, 1.82) is 0 Å². The molecule has 1 aliphatic rings. The summed E-state index contributed by atoms with van der Waals surface area (Å²) >= 11 is 0. The first-order valence-corrected chi connectivity index (χ1v) is 7.50. The van der Waals surface area contributed by atoms with Crippen molar-refractivity contribution in [1.82, 2.24) is 9.80 Å². The number of aliphatic hydroxyl groups is 1. The first-order chi connectivity index (χ1) is 10.7. The molecule has 1 unspecified atom stereocenters. The van der Waals surface area contributed by atoms with Crippen LogP contribution in [0.5, 0.6) is 0 Å². The molecule has 3 rings (SSSR count). The number of rotatable bonds is 4. The van der Waals surface area contributed by atoms with Crippen molar-refractivity contribution in [2.24, 2.45) is 0 Å². The summed E-state index contributed by atoms with van der Waals surface area (Å²) in [5, 5.41) is 10.2. The van der Waals surface area contributed by atoms with Crippen LogP contribution in [0.1, 0.15) is 17.4 Å². The Hall–Kier alpha value is -2.11. The summed E-state index contributed by atoms with van der Waals surface area (Å²) in [7, 11) is 0. The van der Waals surface area contributed by atoms with Gasteiger partial charge in [-0.3, -0.25) is 9.69 Å². The summed E-state index contributed by atoms with van der Waals surface area (Å²) in [6.07, 6.45) is 0.600. The van der Waals surface area contributed by atoms with Gasteiger partial charge in [0.2, 0.25) is 0 Å². The fourth-order valence-electron chi connectivity index (χ4n) is 2.70. The highest BCUT2D eigenvalue weighted by Crippen LogP contribution is 2.17. The molecule has 116 valence electrons. The van der Waals surface area contributed by atoms with E-state index in [0.29, 0.717) is 18.7 Å². The quantitative estimate of drug-likeness (QED) is 0.933. The van der Waals surface area contributed by atoms with E-state index >= 15 is 0 Å². The summed E-state index contributed by atoms with van der Waals surface area (Å²) < 4.78 is 5.34. The van der Waals surface area contributed by atoms with Gasteiger partial charge in [-0.1, -0.05) is 30.3 Å². The highest BCUT2D eigenvalue weighted by Gasteiger charge is 2.27. The van der Waals surface area contributed by atoms with Gasteiger partial charge < -0.3 is 14.4 Å². The predicted octanol–water partition coefficient (Wildman–Crippen LogP) is 1.66. The average Bonchev–Trinajstić information content (AvgIpc) is 3.08. The first kappa shape index (κ1) is 14.8. The molecule has 5 heteroatoms. The monoisotopic (exact) mass is 300 g/mol. The van der Waals surface area contributed by atoms with Gasteiger partial charge in [0.05, 0.1) is 12.8 Å². The summed E-state index contributed by atoms with van der Waals surface area (Å²) in [5.41, 5.74) is 0.644. The van der Waals surface area contributed by atoms with Crippen molar-refractivity contribution in [3.63, 3.8) is 0 Å². The minimum atomic E-state index is -1.07. The summed E-state index contributed by atoms with van der Waals surface area (Å²) in [6.45, 7) is 3.59. The number of nitrogens with zero attached hydrogens (tertiary/aromatic N) is 2. The minimum Gasteiger partial charge on any atom is -0.468 e. The molecular weight excluding hydrogens is 280 g/mol. The number of amides is 1. The Morgan fingerprint density at radius 2 is 1.82 bits per heavy atom. The van der Waals surface area contributed by atoms with E-state index in [1.54, 1.807) is 23.3 Å². The largest absolute Gasteiger partial charge is 0.468 e. The van der Waals surface area contributed by atoms with Crippen LogP contribution in [-0.4, -0.2) is 47.0 Å². The van der Waals surface area contributed by atoms with E-state index in [2.05, 4.69) is 4.90 Å². The van der Waals surface area contributed by atoms with Crippen LogP contribution >= 0.6 is 0 Å². The maximum atomic E-state index is 12.4. The molecule has 1 saturated heterocycles. The molecule has 1 amide bonds. The van der Waals surface area contributed by atoms with Crippen LogP contribution in [0.15, 0.2) is 53.1 Å². The molecule has 0 radical (unpaired) electrons. The highest BCUT2D eigenvalue weighted by molar-refractivity contribution is 5.82. The Balaban J connectivity index is 1.53. The van der Waals surface area contributed by atoms with Crippen LogP contribution < -0.4 is 0 Å². The molecule has 0 spiro atoms. The van der Waals surface area contributed by atoms with E-state index in [0.717, 1.165) is 25.4 Å². The molecule has 1 fully saturated rings. The number of benzene rings is 1. The second-order valence-corrected chi connectivity index (χ2v) is 5.49. The van der Waals surface area contributed by atoms with Crippen LogP contribution in [0.4, 0.5) is 0 Å². The van der Waals surface area contributed by atoms with E-state index in [1.807, 2.05) is 30.3 Å². The molecule has 1 atom stereocenters. The summed E-state index contributed by atoms with van der Waals surface area (Å²) in [4.78, 5) is 16.3. The van der Waals surface area contributed by atoms with E-state index in [1.165, 1.54) is 0 Å². The van der Waals surface area contributed by atoms with Crippen LogP contribution in [-0.2, 0) is 11.3 Å². The molecule has 2 heterocycles. The molecule has 1 aliphatic heterocycles. The fraction of sp³-hybridized carbons (Fsp3) is 0.353. The molecule has 0 aliphatic carbocycles. The van der Waals surface area contributed by atoms with Crippen molar-refractivity contribution in [3.05, 3.63) is 60.1 Å². The van der Waals surface area contributed by atoms with Gasteiger partial charge in [-0.2, -0.15) is 0 Å². The Morgan fingerprint density at radius 3 is 2.45 bits per heavy atom. The first-order valence-electron chi connectivity index (χ1n) is 7.50. The number of carbonyl (C=O) groups is 1. The number of hydrogen-bond donors (Lipinski definition) is 1. The molecule has 1 aromatic carbocycles. The number of furan rings is 1. The Morgan fingerprint density at radius 1 is 1.09 bits per heavy atom. The molecule has 0 saturated carbocycles. The number of aliphatic hydroxyl groups excluding tert-OH is 1. The van der Waals surface area contributed by atoms with Gasteiger partial charge in [0.15, 0.2) is 6.10 Å². The lowest BCUT2D eigenvalue weighted by Crippen LogP contribution is -2.49. The lowest BCUT2D eigenvalue weighted by molar-refractivity contribution is -0.142. The highest BCUT2D eigenvalue weighted by atomic mass is 16.3. The molecule has 5 nitrogen and oxygen atoms in total. The Bertz CT molecular complexity index is 590. The minimum absolute atomic E-state index is 0.219. The topological polar surface area (TPSA) is 56.9 Å². The van der Waals surface area contributed by atoms with Gasteiger partial charge in [-0.25, -0.2) is 0 Å². The SMILES string of the molecule is O=C(C(O)c1ccccc1)N1CCN(Cc2ccco2)CC1. The molecule has 2 aromatic rings. The number of carbonyl (C=O) groups excluding carboxylic acids is 1. The third-order valence-electron chi connectivity index (χ3n) is 3.99. The third-order valence-corrected chi connectivity index (χ3v) is 3.99. The Labute approximate surface area is 129 Å². The molecule has 0 bridgehead atoms. The standard InChI is InChI=1S/C17H20N2O3/c20-16(14-5-2-1-3-6-14)17(21)19-10-8-18(9-11-19)13-15-7-4-12-22-15/h1-7,12,16,20H,8-11,13H2. The maximum absolute atomic E-state index is 12.4. The van der Waals surface area contributed by atoms with Crippen LogP contribution in [0.2, 0.25) is 0 Å². The van der Waals surface area contributed by atoms with Crippen molar-refractivity contribution in [2.45, 2.75) is 12.6 Å². The smallest absolute Gasteiger partial charge is 0.256 e. The fourth-order valence-corrected chi connectivity index (χ4v) is 2.70. The third kappa shape index (κ3) is 3.37. The lowest BCUT2D eigenvalue weighted by Gasteiger charge is -2.35. The van der Waals surface area contributed by atoms with E-state index in [-0.39, 0.29) is 5.91 Å². The predicted molar refractivity (Wildman–Crippen MR) is 82.0 cm³/mol. The zero-order chi connectivity index (χ0) is 15.4. The van der Waals surface area contributed by atoms with Crippen LogP contribution in [0.25, 0.3) is 0 Å². The van der Waals surface area contributed by atoms with E-state index in [9.17, 15) is 9.90 Å². The zero-order valence-electron chi connectivity index (χ0n) is 12.4. The normalized spacial score (nSPS) is 17.4. The van der Waals surface area contributed by atoms with Gasteiger partial charge in [-0.05, 0) is 17.7 Å². The van der Waals surface area contributed by atoms with Gasteiger partial charge >= 0.3 is 0 Å². The van der Waals surface area contributed by atoms with Gasteiger partial charge in [-0.15, -0.1) is 0 Å². The van der Waals surface area contributed by atoms with Gasteiger partial charge in [0.25, 0.3) is 5.91 Å². The van der Waals surface area contributed by atoms with E-state index < -0.39 is 6.10 Å². The molecule has 1 N–H and O–H groups in total. The van der Waals surface area contributed by atoms with Gasteiger partial charge in [0, 0.05) is 26.2 Å². The molecule has 22 heavy (non-hydrogen) atoms. The van der Waals surface area contributed by atoms with Crippen molar-refractivity contribution in [2.75, 3.05) is 26.2 Å². The molecular formula is C17H20N2O3. The summed E-state index contributed by atoms with van der Waals surface area (Å²) in [5.74, 6) is 0.716. The second kappa shape index (κ2) is 6.77. The van der Waals surface area contributed by atoms with Crippen molar-refractivity contribution in [3.8, 4) is 0 Å². The molecule has 1 aromatic heterocycles. The zero-order valence-corrected chi connectivity index (χ0v) is 12.4.